The van der Waals surface area contributed by atoms with Crippen LogP contribution in [0.1, 0.15) is 0 Å². The van der Waals surface area contributed by atoms with Gasteiger partial charge in [-0.2, -0.15) is 10.2 Å². The van der Waals surface area contributed by atoms with Crippen LogP contribution in [0, 0.1) is 0 Å². The second-order valence-electron chi connectivity index (χ2n) is 8.45. The lowest BCUT2D eigenvalue weighted by atomic mass is 10.1. The van der Waals surface area contributed by atoms with Crippen LogP contribution < -0.4 is 9.47 Å². The standard InChI is InChI=1S/C30H28N2O4/c1-33-18-19-34-28-14-6-24(7-15-28)22-2-10-26(11-3-22)31-32-27-12-4-23(5-13-27)25-8-16-29(17-9-25)35-20-30-21-36-30/h2-17,30H,18-21H2,1H3. The largest absolute Gasteiger partial charge is 0.491 e. The van der Waals surface area contributed by atoms with Crippen molar-refractivity contribution in [2.45, 2.75) is 6.10 Å². The Morgan fingerprint density at radius 2 is 1.03 bits per heavy atom. The van der Waals surface area contributed by atoms with E-state index >= 15 is 0 Å². The van der Waals surface area contributed by atoms with Crippen molar-refractivity contribution in [2.24, 2.45) is 10.2 Å². The fourth-order valence-corrected chi connectivity index (χ4v) is 3.64. The highest BCUT2D eigenvalue weighted by atomic mass is 16.6. The summed E-state index contributed by atoms with van der Waals surface area (Å²) >= 11 is 0. The highest BCUT2D eigenvalue weighted by molar-refractivity contribution is 5.67. The fraction of sp³-hybridized carbons (Fsp3) is 0.200. The quantitative estimate of drug-likeness (QED) is 0.129. The Bertz CT molecular complexity index is 1260. The van der Waals surface area contributed by atoms with E-state index in [4.69, 9.17) is 18.9 Å². The van der Waals surface area contributed by atoms with Crippen LogP contribution in [0.2, 0.25) is 0 Å². The van der Waals surface area contributed by atoms with Gasteiger partial charge in [0.05, 0.1) is 24.6 Å². The van der Waals surface area contributed by atoms with E-state index in [2.05, 4.69) is 22.4 Å². The van der Waals surface area contributed by atoms with Crippen molar-refractivity contribution >= 4 is 11.4 Å². The zero-order valence-corrected chi connectivity index (χ0v) is 20.2. The molecule has 1 heterocycles. The van der Waals surface area contributed by atoms with Crippen molar-refractivity contribution in [3.05, 3.63) is 97.1 Å². The number of epoxide rings is 1. The summed E-state index contributed by atoms with van der Waals surface area (Å²) in [5.41, 5.74) is 6.07. The molecule has 4 aromatic carbocycles. The fourth-order valence-electron chi connectivity index (χ4n) is 3.64. The molecule has 1 aliphatic rings. The normalized spacial score (nSPS) is 14.6. The predicted molar refractivity (Wildman–Crippen MR) is 141 cm³/mol. The smallest absolute Gasteiger partial charge is 0.119 e. The first-order valence-electron chi connectivity index (χ1n) is 12.0. The van der Waals surface area contributed by atoms with Crippen molar-refractivity contribution < 1.29 is 18.9 Å². The predicted octanol–water partition coefficient (Wildman–Crippen LogP) is 7.24. The third kappa shape index (κ3) is 6.56. The summed E-state index contributed by atoms with van der Waals surface area (Å²) in [5.74, 6) is 1.69. The van der Waals surface area contributed by atoms with Gasteiger partial charge in [-0.3, -0.25) is 0 Å². The summed E-state index contributed by atoms with van der Waals surface area (Å²) in [6, 6.07) is 32.2. The summed E-state index contributed by atoms with van der Waals surface area (Å²) in [7, 11) is 1.66. The molecule has 0 amide bonds. The van der Waals surface area contributed by atoms with E-state index < -0.39 is 0 Å². The highest BCUT2D eigenvalue weighted by Crippen LogP contribution is 2.28. The summed E-state index contributed by atoms with van der Waals surface area (Å²) in [4.78, 5) is 0. The maximum Gasteiger partial charge on any atom is 0.119 e. The lowest BCUT2D eigenvalue weighted by Crippen LogP contribution is -2.03. The molecule has 6 heteroatoms. The molecule has 1 aliphatic heterocycles. The van der Waals surface area contributed by atoms with Crippen LogP contribution in [0.15, 0.2) is 107 Å². The Balaban J connectivity index is 1.16. The van der Waals surface area contributed by atoms with Gasteiger partial charge in [-0.1, -0.05) is 48.5 Å². The van der Waals surface area contributed by atoms with Gasteiger partial charge >= 0.3 is 0 Å². The first kappa shape index (κ1) is 23.7. The lowest BCUT2D eigenvalue weighted by molar-refractivity contribution is 0.146. The minimum absolute atomic E-state index is 0.258. The van der Waals surface area contributed by atoms with Gasteiger partial charge in [-0.15, -0.1) is 0 Å². The van der Waals surface area contributed by atoms with E-state index in [0.29, 0.717) is 19.8 Å². The number of nitrogens with zero attached hydrogens (tertiary/aromatic N) is 2. The molecule has 0 N–H and O–H groups in total. The van der Waals surface area contributed by atoms with Gasteiger partial charge < -0.3 is 18.9 Å². The van der Waals surface area contributed by atoms with Crippen molar-refractivity contribution in [2.75, 3.05) is 33.5 Å². The van der Waals surface area contributed by atoms with Crippen LogP contribution in [0.25, 0.3) is 22.3 Å². The molecule has 0 bridgehead atoms. The number of methoxy groups -OCH3 is 1. The number of rotatable bonds is 11. The molecule has 0 radical (unpaired) electrons. The number of ether oxygens (including phenoxy) is 4. The van der Waals surface area contributed by atoms with Gasteiger partial charge in [0.25, 0.3) is 0 Å². The third-order valence-corrected chi connectivity index (χ3v) is 5.79. The monoisotopic (exact) mass is 480 g/mol. The van der Waals surface area contributed by atoms with Crippen molar-refractivity contribution in [3.8, 4) is 33.8 Å². The lowest BCUT2D eigenvalue weighted by Gasteiger charge is -2.07. The molecular formula is C30H28N2O4. The third-order valence-electron chi connectivity index (χ3n) is 5.79. The van der Waals surface area contributed by atoms with Crippen LogP contribution in [-0.2, 0) is 9.47 Å². The molecule has 0 saturated carbocycles. The zero-order chi connectivity index (χ0) is 24.6. The second-order valence-corrected chi connectivity index (χ2v) is 8.45. The van der Waals surface area contributed by atoms with Gasteiger partial charge in [0, 0.05) is 7.11 Å². The van der Waals surface area contributed by atoms with Crippen molar-refractivity contribution in [1.82, 2.24) is 0 Å². The summed E-state index contributed by atoms with van der Waals surface area (Å²) in [6.07, 6.45) is 0.258. The summed E-state index contributed by atoms with van der Waals surface area (Å²) in [5, 5.41) is 8.78. The Hall–Kier alpha value is -4.00. The Labute approximate surface area is 211 Å². The second kappa shape index (κ2) is 11.6. The molecule has 6 nitrogen and oxygen atoms in total. The number of hydrogen-bond donors (Lipinski definition) is 0. The van der Waals surface area contributed by atoms with Crippen LogP contribution in [-0.4, -0.2) is 39.6 Å². The van der Waals surface area contributed by atoms with Gasteiger partial charge in [0.2, 0.25) is 0 Å². The van der Waals surface area contributed by atoms with Gasteiger partial charge in [-0.25, -0.2) is 0 Å². The SMILES string of the molecule is COCCOc1ccc(-c2ccc(N=Nc3ccc(-c4ccc(OCC5CO5)cc4)cc3)cc2)cc1. The van der Waals surface area contributed by atoms with E-state index in [9.17, 15) is 0 Å². The van der Waals surface area contributed by atoms with E-state index in [1.54, 1.807) is 7.11 Å². The first-order valence-corrected chi connectivity index (χ1v) is 12.0. The molecule has 36 heavy (non-hydrogen) atoms. The van der Waals surface area contributed by atoms with Gasteiger partial charge in [0.15, 0.2) is 0 Å². The van der Waals surface area contributed by atoms with Crippen molar-refractivity contribution in [3.63, 3.8) is 0 Å². The maximum absolute atomic E-state index is 5.71. The van der Waals surface area contributed by atoms with Gasteiger partial charge in [0.1, 0.15) is 30.8 Å². The molecule has 1 atom stereocenters. The number of azo groups is 1. The van der Waals surface area contributed by atoms with Crippen LogP contribution in [0.3, 0.4) is 0 Å². The molecule has 0 spiro atoms. The molecule has 0 aromatic heterocycles. The molecule has 1 saturated heterocycles. The molecule has 4 aromatic rings. The minimum atomic E-state index is 0.258. The average Bonchev–Trinajstić information content (AvgIpc) is 3.77. The molecular weight excluding hydrogens is 452 g/mol. The van der Waals surface area contributed by atoms with Crippen LogP contribution in [0.5, 0.6) is 11.5 Å². The number of hydrogen-bond acceptors (Lipinski definition) is 6. The molecule has 0 aliphatic carbocycles. The van der Waals surface area contributed by atoms with E-state index in [0.717, 1.165) is 51.7 Å². The van der Waals surface area contributed by atoms with Crippen molar-refractivity contribution in [1.29, 1.82) is 0 Å². The van der Waals surface area contributed by atoms with Gasteiger partial charge in [-0.05, 0) is 70.8 Å². The van der Waals surface area contributed by atoms with E-state index in [1.807, 2.05) is 84.9 Å². The summed E-state index contributed by atoms with van der Waals surface area (Å²) < 4.78 is 21.5. The zero-order valence-electron chi connectivity index (χ0n) is 20.2. The summed E-state index contributed by atoms with van der Waals surface area (Å²) in [6.45, 7) is 2.52. The Kier molecular flexibility index (Phi) is 7.66. The molecule has 1 unspecified atom stereocenters. The highest BCUT2D eigenvalue weighted by Gasteiger charge is 2.22. The molecule has 5 rings (SSSR count). The first-order chi connectivity index (χ1) is 17.8. The average molecular weight is 481 g/mol. The van der Waals surface area contributed by atoms with E-state index in [-0.39, 0.29) is 6.10 Å². The molecule has 1 fully saturated rings. The number of benzene rings is 4. The molecule has 182 valence electrons. The van der Waals surface area contributed by atoms with E-state index in [1.165, 1.54) is 0 Å². The topological polar surface area (TPSA) is 64.9 Å². The minimum Gasteiger partial charge on any atom is -0.491 e. The van der Waals surface area contributed by atoms with Crippen LogP contribution >= 0.6 is 0 Å². The maximum atomic E-state index is 5.71. The Morgan fingerprint density at radius 1 is 0.611 bits per heavy atom. The van der Waals surface area contributed by atoms with Crippen LogP contribution in [0.4, 0.5) is 11.4 Å². The Morgan fingerprint density at radius 3 is 1.44 bits per heavy atom.